The zero-order chi connectivity index (χ0) is 21.0. The maximum Gasteiger partial charge on any atom is 0.251 e. The van der Waals surface area contributed by atoms with Gasteiger partial charge >= 0.3 is 0 Å². The maximum atomic E-state index is 12.7. The molecule has 5 rings (SSSR count). The van der Waals surface area contributed by atoms with Gasteiger partial charge in [0.25, 0.3) is 5.91 Å². The highest BCUT2D eigenvalue weighted by Crippen LogP contribution is 2.37. The van der Waals surface area contributed by atoms with E-state index in [4.69, 9.17) is 4.74 Å². The first-order valence-corrected chi connectivity index (χ1v) is 10.2. The fourth-order valence-electron chi connectivity index (χ4n) is 3.79. The van der Waals surface area contributed by atoms with Gasteiger partial charge in [0, 0.05) is 42.3 Å². The molecule has 0 saturated carbocycles. The summed E-state index contributed by atoms with van der Waals surface area (Å²) in [5.41, 5.74) is 4.46. The van der Waals surface area contributed by atoms with Crippen molar-refractivity contribution in [1.82, 2.24) is 25.1 Å². The van der Waals surface area contributed by atoms with Gasteiger partial charge in [0.05, 0.1) is 25.0 Å². The molecule has 1 N–H and O–H groups in total. The van der Waals surface area contributed by atoms with Crippen molar-refractivity contribution in [2.45, 2.75) is 19.1 Å². The third-order valence-corrected chi connectivity index (χ3v) is 5.25. The Hall–Kier alpha value is -4.00. The number of aromatic nitrogens is 4. The first-order chi connectivity index (χ1) is 15.3. The molecule has 1 amide bonds. The smallest absolute Gasteiger partial charge is 0.251 e. The van der Waals surface area contributed by atoms with Crippen molar-refractivity contribution in [3.8, 4) is 17.0 Å². The predicted molar refractivity (Wildman–Crippen MR) is 116 cm³/mol. The van der Waals surface area contributed by atoms with Crippen LogP contribution in [0.5, 0.6) is 5.75 Å². The van der Waals surface area contributed by atoms with Crippen molar-refractivity contribution >= 4 is 5.91 Å². The predicted octanol–water partition coefficient (Wildman–Crippen LogP) is 3.12. The molecule has 3 heterocycles. The summed E-state index contributed by atoms with van der Waals surface area (Å²) in [6.45, 7) is 1.05. The summed E-state index contributed by atoms with van der Waals surface area (Å²) in [6.07, 6.45) is 9.30. The van der Waals surface area contributed by atoms with Gasteiger partial charge in [-0.15, -0.1) is 0 Å². The standard InChI is InChI=1S/C24H21N5O2/c30-24(19-6-1-4-17(12-19)16-29-11-3-8-28-29)27-14-20-13-18-5-2-7-21(23(18)31-20)22-15-25-9-10-26-22/h1-12,15,20H,13-14,16H2,(H,27,30). The van der Waals surface area contributed by atoms with E-state index >= 15 is 0 Å². The fraction of sp³-hybridized carbons (Fsp3) is 0.167. The molecule has 7 heteroatoms. The van der Waals surface area contributed by atoms with Crippen LogP contribution in [0.4, 0.5) is 0 Å². The molecular weight excluding hydrogens is 390 g/mol. The third-order valence-electron chi connectivity index (χ3n) is 5.25. The molecule has 0 aliphatic carbocycles. The van der Waals surface area contributed by atoms with Gasteiger partial charge in [0.1, 0.15) is 11.9 Å². The minimum Gasteiger partial charge on any atom is -0.487 e. The Bertz CT molecular complexity index is 1190. The zero-order valence-electron chi connectivity index (χ0n) is 16.8. The number of benzene rings is 2. The Balaban J connectivity index is 1.23. The average Bonchev–Trinajstić information content (AvgIpc) is 3.47. The van der Waals surface area contributed by atoms with Crippen molar-refractivity contribution in [3.05, 3.63) is 96.2 Å². The quantitative estimate of drug-likeness (QED) is 0.527. The molecule has 0 saturated heterocycles. The lowest BCUT2D eigenvalue weighted by Gasteiger charge is -2.13. The Labute approximate surface area is 179 Å². The average molecular weight is 411 g/mol. The van der Waals surface area contributed by atoms with E-state index in [1.807, 2.05) is 53.3 Å². The van der Waals surface area contributed by atoms with E-state index in [2.05, 4.69) is 26.4 Å². The second kappa shape index (κ2) is 8.39. The minimum absolute atomic E-state index is 0.115. The highest BCUT2D eigenvalue weighted by atomic mass is 16.5. The molecule has 7 nitrogen and oxygen atoms in total. The van der Waals surface area contributed by atoms with Crippen LogP contribution >= 0.6 is 0 Å². The van der Waals surface area contributed by atoms with E-state index in [1.165, 1.54) is 0 Å². The second-order valence-electron chi connectivity index (χ2n) is 7.44. The van der Waals surface area contributed by atoms with Crippen molar-refractivity contribution in [2.24, 2.45) is 0 Å². The van der Waals surface area contributed by atoms with Crippen LogP contribution in [0.2, 0.25) is 0 Å². The summed E-state index contributed by atoms with van der Waals surface area (Å²) in [7, 11) is 0. The normalized spacial score (nSPS) is 14.6. The molecule has 4 aromatic rings. The summed E-state index contributed by atoms with van der Waals surface area (Å²) in [5, 5.41) is 7.22. The number of nitrogens with one attached hydrogen (secondary N) is 1. The molecule has 1 unspecified atom stereocenters. The summed E-state index contributed by atoms with van der Waals surface area (Å²) in [6, 6.07) is 15.5. The molecule has 1 aliphatic heterocycles. The molecule has 0 spiro atoms. The van der Waals surface area contributed by atoms with Crippen molar-refractivity contribution in [2.75, 3.05) is 6.54 Å². The number of nitrogens with zero attached hydrogens (tertiary/aromatic N) is 4. The third kappa shape index (κ3) is 4.16. The highest BCUT2D eigenvalue weighted by Gasteiger charge is 2.26. The fourth-order valence-corrected chi connectivity index (χ4v) is 3.79. The molecule has 0 fully saturated rings. The molecule has 1 aliphatic rings. The minimum atomic E-state index is -0.121. The summed E-state index contributed by atoms with van der Waals surface area (Å²) >= 11 is 0. The van der Waals surface area contributed by atoms with Crippen LogP contribution in [0.1, 0.15) is 21.5 Å². The largest absolute Gasteiger partial charge is 0.487 e. The van der Waals surface area contributed by atoms with Gasteiger partial charge in [0.2, 0.25) is 0 Å². The zero-order valence-corrected chi connectivity index (χ0v) is 16.8. The van der Waals surface area contributed by atoms with Gasteiger partial charge in [-0.1, -0.05) is 24.3 Å². The van der Waals surface area contributed by atoms with Gasteiger partial charge in [-0.2, -0.15) is 5.10 Å². The molecule has 31 heavy (non-hydrogen) atoms. The van der Waals surface area contributed by atoms with E-state index in [1.54, 1.807) is 24.8 Å². The molecule has 1 atom stereocenters. The molecule has 154 valence electrons. The van der Waals surface area contributed by atoms with E-state index in [0.29, 0.717) is 18.7 Å². The van der Waals surface area contributed by atoms with Crippen LogP contribution in [0.15, 0.2) is 79.5 Å². The number of carbonyl (C=O) groups excluding carboxylic acids is 1. The SMILES string of the molecule is O=C(NCC1Cc2cccc(-c3cnccn3)c2O1)c1cccc(Cn2cccn2)c1. The lowest BCUT2D eigenvalue weighted by Crippen LogP contribution is -2.34. The maximum absolute atomic E-state index is 12.7. The number of ether oxygens (including phenoxy) is 1. The number of hydrogen-bond acceptors (Lipinski definition) is 5. The van der Waals surface area contributed by atoms with Crippen LogP contribution in [0.3, 0.4) is 0 Å². The first-order valence-electron chi connectivity index (χ1n) is 10.2. The van der Waals surface area contributed by atoms with E-state index in [-0.39, 0.29) is 12.0 Å². The summed E-state index contributed by atoms with van der Waals surface area (Å²) < 4.78 is 8.01. The Morgan fingerprint density at radius 1 is 1.13 bits per heavy atom. The van der Waals surface area contributed by atoms with Crippen molar-refractivity contribution in [3.63, 3.8) is 0 Å². The lowest BCUT2D eigenvalue weighted by atomic mass is 10.0. The van der Waals surface area contributed by atoms with Crippen LogP contribution in [-0.4, -0.2) is 38.3 Å². The van der Waals surface area contributed by atoms with E-state index in [0.717, 1.165) is 34.6 Å². The Kier molecular flexibility index (Phi) is 5.14. The van der Waals surface area contributed by atoms with Crippen LogP contribution in [0, 0.1) is 0 Å². The van der Waals surface area contributed by atoms with Gasteiger partial charge in [0.15, 0.2) is 0 Å². The number of carbonyl (C=O) groups is 1. The van der Waals surface area contributed by atoms with Gasteiger partial charge < -0.3 is 10.1 Å². The topological polar surface area (TPSA) is 81.9 Å². The van der Waals surface area contributed by atoms with Crippen molar-refractivity contribution < 1.29 is 9.53 Å². The molecule has 2 aromatic heterocycles. The molecule has 0 radical (unpaired) electrons. The number of para-hydroxylation sites is 1. The first kappa shape index (κ1) is 19.0. The van der Waals surface area contributed by atoms with Crippen LogP contribution in [-0.2, 0) is 13.0 Å². The highest BCUT2D eigenvalue weighted by molar-refractivity contribution is 5.94. The molecule has 2 aromatic carbocycles. The number of fused-ring (bicyclic) bond motifs is 1. The number of amides is 1. The summed E-state index contributed by atoms with van der Waals surface area (Å²) in [5.74, 6) is 0.708. The second-order valence-corrected chi connectivity index (χ2v) is 7.44. The summed E-state index contributed by atoms with van der Waals surface area (Å²) in [4.78, 5) is 21.2. The Morgan fingerprint density at radius 3 is 2.90 bits per heavy atom. The van der Waals surface area contributed by atoms with Crippen molar-refractivity contribution in [1.29, 1.82) is 0 Å². The molecule has 0 bridgehead atoms. The van der Waals surface area contributed by atoms with Gasteiger partial charge in [-0.25, -0.2) is 0 Å². The Morgan fingerprint density at radius 2 is 2.06 bits per heavy atom. The van der Waals surface area contributed by atoms with E-state index in [9.17, 15) is 4.79 Å². The van der Waals surface area contributed by atoms with E-state index < -0.39 is 0 Å². The molecular formula is C24H21N5O2. The van der Waals surface area contributed by atoms with Gasteiger partial charge in [-0.3, -0.25) is 19.4 Å². The monoisotopic (exact) mass is 411 g/mol. The number of hydrogen-bond donors (Lipinski definition) is 1. The van der Waals surface area contributed by atoms with Crippen LogP contribution in [0.25, 0.3) is 11.3 Å². The van der Waals surface area contributed by atoms with Crippen LogP contribution < -0.4 is 10.1 Å². The number of rotatable bonds is 6. The lowest BCUT2D eigenvalue weighted by molar-refractivity contribution is 0.0933. The van der Waals surface area contributed by atoms with Gasteiger partial charge in [-0.05, 0) is 35.4 Å².